The van der Waals surface area contributed by atoms with Gasteiger partial charge in [-0.3, -0.25) is 4.79 Å². The van der Waals surface area contributed by atoms with Gasteiger partial charge in [0.05, 0.1) is 25.0 Å². The third kappa shape index (κ3) is 4.52. The summed E-state index contributed by atoms with van der Waals surface area (Å²) in [5.74, 6) is 1.40. The average molecular weight is 379 g/mol. The van der Waals surface area contributed by atoms with Crippen LogP contribution in [0, 0.1) is 13.8 Å². The van der Waals surface area contributed by atoms with Crippen molar-refractivity contribution in [2.75, 3.05) is 27.3 Å². The van der Waals surface area contributed by atoms with Crippen LogP contribution >= 0.6 is 0 Å². The molecule has 1 heterocycles. The average Bonchev–Trinajstić information content (AvgIpc) is 3.05. The molecule has 0 N–H and O–H groups in total. The van der Waals surface area contributed by atoms with E-state index in [4.69, 9.17) is 9.47 Å². The van der Waals surface area contributed by atoms with E-state index in [1.165, 1.54) is 0 Å². The second kappa shape index (κ2) is 8.61. The molecule has 1 aromatic heterocycles. The lowest BCUT2D eigenvalue weighted by Crippen LogP contribution is -2.31. The van der Waals surface area contributed by atoms with Crippen LogP contribution in [0.4, 0.5) is 0 Å². The molecule has 3 aromatic rings. The van der Waals surface area contributed by atoms with Gasteiger partial charge in [0.25, 0.3) is 5.91 Å². The van der Waals surface area contributed by atoms with E-state index in [0.29, 0.717) is 24.5 Å². The van der Waals surface area contributed by atoms with Crippen LogP contribution in [0.25, 0.3) is 5.69 Å². The van der Waals surface area contributed by atoms with Gasteiger partial charge in [-0.15, -0.1) is 0 Å². The monoisotopic (exact) mass is 379 g/mol. The van der Waals surface area contributed by atoms with E-state index in [0.717, 1.165) is 22.8 Å². The van der Waals surface area contributed by atoms with Crippen LogP contribution in [0.3, 0.4) is 0 Å². The molecule has 0 spiro atoms. The van der Waals surface area contributed by atoms with Gasteiger partial charge < -0.3 is 14.4 Å². The minimum atomic E-state index is -0.0578. The number of methoxy groups -OCH3 is 1. The molecule has 3 rings (SSSR count). The fourth-order valence-electron chi connectivity index (χ4n) is 2.97. The van der Waals surface area contributed by atoms with Gasteiger partial charge in [0.15, 0.2) is 0 Å². The van der Waals surface area contributed by atoms with Crippen molar-refractivity contribution >= 4 is 5.91 Å². The standard InChI is InChI=1S/C22H25N3O3/c1-16-13-17(2)25(23-16)19-8-5-7-18(14-19)22(26)24(3)11-12-28-21-10-6-9-20(15-21)27-4/h5-10,13-15H,11-12H2,1-4H3. The molecule has 0 saturated heterocycles. The number of hydrogen-bond acceptors (Lipinski definition) is 4. The Kier molecular flexibility index (Phi) is 5.99. The largest absolute Gasteiger partial charge is 0.497 e. The highest BCUT2D eigenvalue weighted by Gasteiger charge is 2.13. The number of rotatable bonds is 7. The predicted molar refractivity (Wildman–Crippen MR) is 108 cm³/mol. The summed E-state index contributed by atoms with van der Waals surface area (Å²) in [6.07, 6.45) is 0. The molecule has 1 amide bonds. The number of nitrogens with zero attached hydrogens (tertiary/aromatic N) is 3. The van der Waals surface area contributed by atoms with E-state index in [9.17, 15) is 4.79 Å². The summed E-state index contributed by atoms with van der Waals surface area (Å²) < 4.78 is 12.8. The zero-order valence-electron chi connectivity index (χ0n) is 16.7. The molecule has 6 heteroatoms. The molecule has 0 radical (unpaired) electrons. The Morgan fingerprint density at radius 3 is 2.54 bits per heavy atom. The molecule has 6 nitrogen and oxygen atoms in total. The number of carbonyl (C=O) groups is 1. The molecule has 0 atom stereocenters. The van der Waals surface area contributed by atoms with Crippen molar-refractivity contribution in [2.24, 2.45) is 0 Å². The molecular formula is C22H25N3O3. The Morgan fingerprint density at radius 1 is 1.07 bits per heavy atom. The summed E-state index contributed by atoms with van der Waals surface area (Å²) in [6.45, 7) is 4.82. The van der Waals surface area contributed by atoms with E-state index < -0.39 is 0 Å². The van der Waals surface area contributed by atoms with E-state index in [-0.39, 0.29) is 5.91 Å². The second-order valence-electron chi connectivity index (χ2n) is 6.64. The van der Waals surface area contributed by atoms with Crippen molar-refractivity contribution in [1.82, 2.24) is 14.7 Å². The van der Waals surface area contributed by atoms with Crippen LogP contribution < -0.4 is 9.47 Å². The van der Waals surface area contributed by atoms with E-state index in [1.54, 1.807) is 19.1 Å². The first-order valence-electron chi connectivity index (χ1n) is 9.14. The number of ether oxygens (including phenoxy) is 2. The quantitative estimate of drug-likeness (QED) is 0.629. The Morgan fingerprint density at radius 2 is 1.82 bits per heavy atom. The molecule has 0 bridgehead atoms. The van der Waals surface area contributed by atoms with Crippen LogP contribution in [0.5, 0.6) is 11.5 Å². The summed E-state index contributed by atoms with van der Waals surface area (Å²) >= 11 is 0. The summed E-state index contributed by atoms with van der Waals surface area (Å²) in [5, 5.41) is 4.48. The van der Waals surface area contributed by atoms with Gasteiger partial charge >= 0.3 is 0 Å². The van der Waals surface area contributed by atoms with E-state index in [2.05, 4.69) is 5.10 Å². The van der Waals surface area contributed by atoms with Gasteiger partial charge in [-0.05, 0) is 50.2 Å². The molecule has 0 fully saturated rings. The summed E-state index contributed by atoms with van der Waals surface area (Å²) in [6, 6.07) is 16.9. The van der Waals surface area contributed by atoms with Gasteiger partial charge in [-0.1, -0.05) is 12.1 Å². The Hall–Kier alpha value is -3.28. The van der Waals surface area contributed by atoms with Crippen LogP contribution in [-0.2, 0) is 0 Å². The van der Waals surface area contributed by atoms with Gasteiger partial charge in [0, 0.05) is 24.4 Å². The van der Waals surface area contributed by atoms with Crippen LogP contribution in [0.1, 0.15) is 21.7 Å². The third-order valence-electron chi connectivity index (χ3n) is 4.43. The molecule has 146 valence electrons. The molecule has 0 aliphatic carbocycles. The lowest BCUT2D eigenvalue weighted by molar-refractivity contribution is 0.0773. The molecule has 28 heavy (non-hydrogen) atoms. The first-order chi connectivity index (χ1) is 13.5. The predicted octanol–water partition coefficient (Wildman–Crippen LogP) is 3.65. The SMILES string of the molecule is COc1cccc(OCCN(C)C(=O)c2cccc(-n3nc(C)cc3C)c2)c1. The number of carbonyl (C=O) groups excluding carboxylic acids is 1. The number of hydrogen-bond donors (Lipinski definition) is 0. The fourth-order valence-corrected chi connectivity index (χ4v) is 2.97. The van der Waals surface area contributed by atoms with Gasteiger partial charge in [-0.2, -0.15) is 5.10 Å². The zero-order valence-corrected chi connectivity index (χ0v) is 16.7. The first-order valence-corrected chi connectivity index (χ1v) is 9.14. The van der Waals surface area contributed by atoms with Crippen molar-refractivity contribution in [3.8, 4) is 17.2 Å². The highest BCUT2D eigenvalue weighted by atomic mass is 16.5. The minimum Gasteiger partial charge on any atom is -0.497 e. The van der Waals surface area contributed by atoms with Gasteiger partial charge in [0.1, 0.15) is 18.1 Å². The maximum Gasteiger partial charge on any atom is 0.253 e. The minimum absolute atomic E-state index is 0.0578. The normalized spacial score (nSPS) is 10.6. The summed E-state index contributed by atoms with van der Waals surface area (Å²) in [4.78, 5) is 14.4. The van der Waals surface area contributed by atoms with Crippen molar-refractivity contribution in [3.05, 3.63) is 71.5 Å². The lowest BCUT2D eigenvalue weighted by Gasteiger charge is -2.18. The molecule has 0 saturated carbocycles. The molecular weight excluding hydrogens is 354 g/mol. The molecule has 0 unspecified atom stereocenters. The van der Waals surface area contributed by atoms with E-state index in [1.807, 2.05) is 73.1 Å². The third-order valence-corrected chi connectivity index (χ3v) is 4.43. The number of benzene rings is 2. The number of aromatic nitrogens is 2. The summed E-state index contributed by atoms with van der Waals surface area (Å²) in [7, 11) is 3.39. The maximum absolute atomic E-state index is 12.8. The van der Waals surface area contributed by atoms with Crippen LogP contribution in [-0.4, -0.2) is 47.9 Å². The van der Waals surface area contributed by atoms with Gasteiger partial charge in [0.2, 0.25) is 0 Å². The highest BCUT2D eigenvalue weighted by Crippen LogP contribution is 2.19. The van der Waals surface area contributed by atoms with Crippen molar-refractivity contribution in [3.63, 3.8) is 0 Å². The van der Waals surface area contributed by atoms with Crippen molar-refractivity contribution in [1.29, 1.82) is 0 Å². The van der Waals surface area contributed by atoms with E-state index >= 15 is 0 Å². The Bertz CT molecular complexity index is 965. The fraction of sp³-hybridized carbons (Fsp3) is 0.273. The Balaban J connectivity index is 1.63. The summed E-state index contributed by atoms with van der Waals surface area (Å²) in [5.41, 5.74) is 3.47. The van der Waals surface area contributed by atoms with Crippen LogP contribution in [0.2, 0.25) is 0 Å². The molecule has 2 aromatic carbocycles. The Labute approximate surface area is 165 Å². The maximum atomic E-state index is 12.8. The molecule has 0 aliphatic rings. The number of aryl methyl sites for hydroxylation is 2. The molecule has 0 aliphatic heterocycles. The number of likely N-dealkylation sites (N-methyl/N-ethyl adjacent to an activating group) is 1. The van der Waals surface area contributed by atoms with Crippen molar-refractivity contribution < 1.29 is 14.3 Å². The van der Waals surface area contributed by atoms with Crippen molar-refractivity contribution in [2.45, 2.75) is 13.8 Å². The number of amides is 1. The smallest absolute Gasteiger partial charge is 0.253 e. The topological polar surface area (TPSA) is 56.6 Å². The van der Waals surface area contributed by atoms with Gasteiger partial charge in [-0.25, -0.2) is 4.68 Å². The lowest BCUT2D eigenvalue weighted by atomic mass is 10.1. The first kappa shape index (κ1) is 19.5. The zero-order chi connectivity index (χ0) is 20.1. The highest BCUT2D eigenvalue weighted by molar-refractivity contribution is 5.94. The van der Waals surface area contributed by atoms with Crippen LogP contribution in [0.15, 0.2) is 54.6 Å². The second-order valence-corrected chi connectivity index (χ2v) is 6.64.